The van der Waals surface area contributed by atoms with E-state index < -0.39 is 47.5 Å². The maximum atomic E-state index is 14.0. The first-order valence-corrected chi connectivity index (χ1v) is 10.2. The minimum absolute atomic E-state index is 0.213. The van der Waals surface area contributed by atoms with Crippen LogP contribution in [-0.4, -0.2) is 52.0 Å². The summed E-state index contributed by atoms with van der Waals surface area (Å²) in [5, 5.41) is 11.6. The van der Waals surface area contributed by atoms with Gasteiger partial charge in [0.05, 0.1) is 12.2 Å². The van der Waals surface area contributed by atoms with Crippen LogP contribution >= 0.6 is 0 Å². The van der Waals surface area contributed by atoms with Crippen molar-refractivity contribution < 1.29 is 36.2 Å². The van der Waals surface area contributed by atoms with Crippen LogP contribution < -0.4 is 10.2 Å². The Hall–Kier alpha value is -2.76. The van der Waals surface area contributed by atoms with Crippen LogP contribution in [0.5, 0.6) is 0 Å². The van der Waals surface area contributed by atoms with Gasteiger partial charge < -0.3 is 19.9 Å². The van der Waals surface area contributed by atoms with Crippen molar-refractivity contribution >= 4 is 11.7 Å². The second-order valence-corrected chi connectivity index (χ2v) is 8.32. The molecule has 2 aromatic heterocycles. The average Bonchev–Trinajstić information content (AvgIpc) is 3.34. The van der Waals surface area contributed by atoms with E-state index in [0.717, 1.165) is 6.07 Å². The summed E-state index contributed by atoms with van der Waals surface area (Å²) in [6.07, 6.45) is -8.51. The van der Waals surface area contributed by atoms with Crippen molar-refractivity contribution in [3.05, 3.63) is 40.8 Å². The molecular weight excluding hydrogens is 454 g/mol. The molecule has 0 aromatic carbocycles. The number of carbonyl (C=O) groups is 1. The molecule has 182 valence electrons. The Balaban J connectivity index is 2.16. The summed E-state index contributed by atoms with van der Waals surface area (Å²) < 4.78 is 82.2. The molecule has 1 saturated heterocycles. The van der Waals surface area contributed by atoms with Gasteiger partial charge in [-0.15, -0.1) is 0 Å². The van der Waals surface area contributed by atoms with E-state index >= 15 is 0 Å². The van der Waals surface area contributed by atoms with Crippen LogP contribution in [0.25, 0.3) is 5.69 Å². The molecular formula is C21H24F6N4O2. The number of nitrogens with zero attached hydrogens (tertiary/aromatic N) is 3. The molecule has 2 aromatic rings. The Labute approximate surface area is 186 Å². The summed E-state index contributed by atoms with van der Waals surface area (Å²) in [7, 11) is 0. The highest BCUT2D eigenvalue weighted by atomic mass is 19.4. The number of hydrogen-bond donors (Lipinski definition) is 2. The molecule has 0 aliphatic carbocycles. The van der Waals surface area contributed by atoms with Gasteiger partial charge in [-0.05, 0) is 51.8 Å². The van der Waals surface area contributed by atoms with Crippen LogP contribution in [0.1, 0.15) is 47.2 Å². The SMILES string of the molecule is Cc1ccc(C)n1-c1cc(C(F)(F)F)c(N2CCCC2)nc1C(=O)NCC(C)(O)C(F)(F)F. The molecule has 3 rings (SSSR count). The fourth-order valence-corrected chi connectivity index (χ4v) is 3.69. The molecule has 1 fully saturated rings. The standard InChI is InChI=1S/C21H24F6N4O2/c1-12-6-7-13(2)31(12)15-10-14(20(22,23)24)17(30-8-4-5-9-30)29-16(15)18(32)28-11-19(3,33)21(25,26)27/h6-7,10,33H,4-5,8-9,11H2,1-3H3,(H,28,32). The van der Waals surface area contributed by atoms with Gasteiger partial charge in [0.2, 0.25) is 0 Å². The van der Waals surface area contributed by atoms with Crippen molar-refractivity contribution in [3.8, 4) is 5.69 Å². The van der Waals surface area contributed by atoms with Crippen LogP contribution in [0.3, 0.4) is 0 Å². The molecule has 1 aliphatic rings. The molecule has 12 heteroatoms. The number of anilines is 1. The van der Waals surface area contributed by atoms with E-state index in [1.807, 2.05) is 5.32 Å². The van der Waals surface area contributed by atoms with Crippen molar-refractivity contribution in [1.82, 2.24) is 14.9 Å². The maximum absolute atomic E-state index is 14.0. The molecule has 33 heavy (non-hydrogen) atoms. The van der Waals surface area contributed by atoms with Gasteiger partial charge in [0.15, 0.2) is 11.3 Å². The Bertz CT molecular complexity index is 1020. The molecule has 2 N–H and O–H groups in total. The molecule has 3 heterocycles. The summed E-state index contributed by atoms with van der Waals surface area (Å²) >= 11 is 0. The summed E-state index contributed by atoms with van der Waals surface area (Å²) in [6.45, 7) is 3.14. The van der Waals surface area contributed by atoms with Crippen molar-refractivity contribution in [2.75, 3.05) is 24.5 Å². The summed E-state index contributed by atoms with van der Waals surface area (Å²) in [5.41, 5.74) is -3.93. The zero-order chi connectivity index (χ0) is 24.8. The Morgan fingerprint density at radius 2 is 1.64 bits per heavy atom. The van der Waals surface area contributed by atoms with Gasteiger partial charge in [0, 0.05) is 24.5 Å². The molecule has 0 bridgehead atoms. The molecule has 1 unspecified atom stereocenters. The van der Waals surface area contributed by atoms with E-state index in [-0.39, 0.29) is 5.69 Å². The number of aliphatic hydroxyl groups is 1. The summed E-state index contributed by atoms with van der Waals surface area (Å²) in [6, 6.07) is 4.07. The number of pyridine rings is 1. The third-order valence-electron chi connectivity index (χ3n) is 5.62. The lowest BCUT2D eigenvalue weighted by atomic mass is 10.1. The molecule has 1 atom stereocenters. The first-order chi connectivity index (χ1) is 15.1. The first-order valence-electron chi connectivity index (χ1n) is 10.2. The van der Waals surface area contributed by atoms with Crippen molar-refractivity contribution in [3.63, 3.8) is 0 Å². The van der Waals surface area contributed by atoms with Gasteiger partial charge in [-0.1, -0.05) is 0 Å². The molecule has 1 amide bonds. The van der Waals surface area contributed by atoms with Gasteiger partial charge in [-0.2, -0.15) is 26.3 Å². The Morgan fingerprint density at radius 1 is 1.09 bits per heavy atom. The Morgan fingerprint density at radius 3 is 2.12 bits per heavy atom. The van der Waals surface area contributed by atoms with Crippen molar-refractivity contribution in [2.24, 2.45) is 0 Å². The van der Waals surface area contributed by atoms with Crippen molar-refractivity contribution in [1.29, 1.82) is 0 Å². The average molecular weight is 478 g/mol. The minimum atomic E-state index is -5.02. The predicted octanol–water partition coefficient (Wildman–Crippen LogP) is 4.15. The zero-order valence-corrected chi connectivity index (χ0v) is 18.2. The molecule has 6 nitrogen and oxygen atoms in total. The maximum Gasteiger partial charge on any atom is 0.420 e. The topological polar surface area (TPSA) is 70.4 Å². The normalized spacial score (nSPS) is 16.7. The van der Waals surface area contributed by atoms with Gasteiger partial charge in [-0.25, -0.2) is 4.98 Å². The van der Waals surface area contributed by atoms with E-state index in [1.54, 1.807) is 26.0 Å². The quantitative estimate of drug-likeness (QED) is 0.634. The number of aryl methyl sites for hydroxylation is 2. The van der Waals surface area contributed by atoms with E-state index in [4.69, 9.17) is 0 Å². The number of halogens is 6. The van der Waals surface area contributed by atoms with Gasteiger partial charge >= 0.3 is 12.4 Å². The van der Waals surface area contributed by atoms with E-state index in [9.17, 15) is 36.2 Å². The molecule has 0 spiro atoms. The van der Waals surface area contributed by atoms with Crippen molar-refractivity contribution in [2.45, 2.75) is 51.6 Å². The summed E-state index contributed by atoms with van der Waals surface area (Å²) in [4.78, 5) is 18.4. The lowest BCUT2D eigenvalue weighted by Crippen LogP contribution is -2.51. The highest BCUT2D eigenvalue weighted by Gasteiger charge is 2.50. The van der Waals surface area contributed by atoms with Gasteiger partial charge in [0.1, 0.15) is 11.4 Å². The monoisotopic (exact) mass is 478 g/mol. The third-order valence-corrected chi connectivity index (χ3v) is 5.62. The molecule has 0 radical (unpaired) electrons. The van der Waals surface area contributed by atoms with E-state index in [1.165, 1.54) is 9.47 Å². The fraction of sp³-hybridized carbons (Fsp3) is 0.524. The van der Waals surface area contributed by atoms with Crippen LogP contribution in [0, 0.1) is 13.8 Å². The first kappa shape index (κ1) is 24.9. The van der Waals surface area contributed by atoms with Gasteiger partial charge in [-0.3, -0.25) is 4.79 Å². The van der Waals surface area contributed by atoms with Crippen LogP contribution in [0.2, 0.25) is 0 Å². The van der Waals surface area contributed by atoms with E-state index in [2.05, 4.69) is 4.98 Å². The number of rotatable bonds is 5. The number of nitrogens with one attached hydrogen (secondary N) is 1. The second kappa shape index (κ2) is 8.54. The fourth-order valence-electron chi connectivity index (χ4n) is 3.69. The minimum Gasteiger partial charge on any atom is -0.379 e. The van der Waals surface area contributed by atoms with Crippen LogP contribution in [0.4, 0.5) is 32.2 Å². The van der Waals surface area contributed by atoms with Crippen LogP contribution in [-0.2, 0) is 6.18 Å². The number of aromatic nitrogens is 2. The largest absolute Gasteiger partial charge is 0.420 e. The zero-order valence-electron chi connectivity index (χ0n) is 18.2. The predicted molar refractivity (Wildman–Crippen MR) is 108 cm³/mol. The molecule has 1 aliphatic heterocycles. The second-order valence-electron chi connectivity index (χ2n) is 8.32. The number of hydrogen-bond acceptors (Lipinski definition) is 4. The highest BCUT2D eigenvalue weighted by Crippen LogP contribution is 2.39. The smallest absolute Gasteiger partial charge is 0.379 e. The number of amides is 1. The van der Waals surface area contributed by atoms with Crippen LogP contribution in [0.15, 0.2) is 18.2 Å². The van der Waals surface area contributed by atoms with E-state index in [0.29, 0.717) is 44.2 Å². The van der Waals surface area contributed by atoms with Gasteiger partial charge in [0.25, 0.3) is 5.91 Å². The number of carbonyl (C=O) groups excluding carboxylic acids is 1. The molecule has 0 saturated carbocycles. The summed E-state index contributed by atoms with van der Waals surface area (Å²) in [5.74, 6) is -1.57. The Kier molecular flexibility index (Phi) is 6.44. The lowest BCUT2D eigenvalue weighted by Gasteiger charge is -2.27. The highest BCUT2D eigenvalue weighted by molar-refractivity contribution is 5.96. The number of alkyl halides is 6. The third kappa shape index (κ3) is 4.94. The lowest BCUT2D eigenvalue weighted by molar-refractivity contribution is -0.249.